The molecule has 0 spiro atoms. The van der Waals surface area contributed by atoms with Crippen molar-refractivity contribution in [3.05, 3.63) is 0 Å². The van der Waals surface area contributed by atoms with Gasteiger partial charge in [0, 0.05) is 0 Å². The number of rotatable bonds is 3. The molecule has 0 aromatic rings. The number of ether oxygens (including phenoxy) is 1. The zero-order chi connectivity index (χ0) is 6.91. The second kappa shape index (κ2) is 3.77. The Morgan fingerprint density at radius 2 is 2.30 bits per heavy atom. The van der Waals surface area contributed by atoms with E-state index in [0.29, 0.717) is 0 Å². The van der Waals surface area contributed by atoms with E-state index in [1.165, 1.54) is 0 Å². The van der Waals surface area contributed by atoms with Crippen molar-refractivity contribution in [2.45, 2.75) is 30.9 Å². The molecule has 1 aliphatic heterocycles. The summed E-state index contributed by atoms with van der Waals surface area (Å²) in [4.78, 5) is -0.589. The summed E-state index contributed by atoms with van der Waals surface area (Å²) in [7, 11) is 0. The Morgan fingerprint density at radius 3 is 2.60 bits per heavy atom. The largest absolute Gasteiger partial charge is 0.370 e. The van der Waals surface area contributed by atoms with Crippen LogP contribution in [0.5, 0.6) is 0 Å². The smallest absolute Gasteiger partial charge is 0.120 e. The fourth-order valence-corrected chi connectivity index (χ4v) is 1.18. The van der Waals surface area contributed by atoms with E-state index in [1.807, 2.05) is 0 Å². The van der Waals surface area contributed by atoms with Crippen LogP contribution in [0.25, 0.3) is 0 Å². The second-order valence-corrected chi connectivity index (χ2v) is 3.20. The number of hydrogen-bond donors (Lipinski definition) is 1. The highest BCUT2D eigenvalue weighted by Gasteiger charge is 2.41. The summed E-state index contributed by atoms with van der Waals surface area (Å²) in [5, 5.41) is 0. The van der Waals surface area contributed by atoms with E-state index in [4.69, 9.17) is 22.1 Å². The number of alkyl halides is 1. The van der Waals surface area contributed by atoms with Gasteiger partial charge in [-0.15, -0.1) is 12.4 Å². The quantitative estimate of drug-likeness (QED) is 0.412. The maximum absolute atomic E-state index is 5.89. The van der Waals surface area contributed by atoms with Crippen LogP contribution in [0.3, 0.4) is 0 Å². The third-order valence-electron chi connectivity index (χ3n) is 1.50. The van der Waals surface area contributed by atoms with Gasteiger partial charge in [0.05, 0.1) is 6.61 Å². The molecule has 0 aromatic heterocycles. The summed E-state index contributed by atoms with van der Waals surface area (Å²) in [6.45, 7) is 2.80. The van der Waals surface area contributed by atoms with Crippen LogP contribution in [0.1, 0.15) is 19.8 Å². The van der Waals surface area contributed by atoms with Crippen LogP contribution in [0.2, 0.25) is 0 Å². The normalized spacial score (nSPS) is 28.5. The van der Waals surface area contributed by atoms with Crippen LogP contribution >= 0.6 is 24.0 Å². The van der Waals surface area contributed by atoms with E-state index in [1.54, 1.807) is 0 Å². The molecule has 10 heavy (non-hydrogen) atoms. The summed E-state index contributed by atoms with van der Waals surface area (Å²) in [5.74, 6) is 0. The molecule has 0 saturated carbocycles. The van der Waals surface area contributed by atoms with Crippen molar-refractivity contribution >= 4 is 24.0 Å². The molecular formula is C6H13Cl2NO. The molecule has 1 rings (SSSR count). The minimum Gasteiger partial charge on any atom is -0.370 e. The molecule has 1 heterocycles. The fourth-order valence-electron chi connectivity index (χ4n) is 0.869. The predicted octanol–water partition coefficient (Wildman–Crippen LogP) is 1.50. The van der Waals surface area contributed by atoms with Gasteiger partial charge in [-0.3, -0.25) is 0 Å². The van der Waals surface area contributed by atoms with E-state index in [2.05, 4.69) is 6.92 Å². The van der Waals surface area contributed by atoms with Gasteiger partial charge in [0.15, 0.2) is 0 Å². The van der Waals surface area contributed by atoms with E-state index < -0.39 is 5.00 Å². The molecule has 1 saturated heterocycles. The Bertz CT molecular complexity index is 104. The van der Waals surface area contributed by atoms with Gasteiger partial charge < -0.3 is 10.5 Å². The van der Waals surface area contributed by atoms with Crippen molar-refractivity contribution in [3.63, 3.8) is 0 Å². The average molecular weight is 186 g/mol. The van der Waals surface area contributed by atoms with Gasteiger partial charge in [-0.2, -0.15) is 0 Å². The first-order valence-corrected chi connectivity index (χ1v) is 3.64. The molecule has 0 aromatic carbocycles. The number of hydrogen-bond acceptors (Lipinski definition) is 2. The van der Waals surface area contributed by atoms with Crippen molar-refractivity contribution in [2.75, 3.05) is 6.61 Å². The van der Waals surface area contributed by atoms with Gasteiger partial charge in [-0.05, 0) is 6.42 Å². The first kappa shape index (κ1) is 10.5. The molecule has 2 N–H and O–H groups in total. The summed E-state index contributed by atoms with van der Waals surface area (Å²) in [6.07, 6.45) is 1.96. The average Bonchev–Trinajstić information content (AvgIpc) is 2.41. The monoisotopic (exact) mass is 185 g/mol. The third kappa shape index (κ3) is 2.62. The molecule has 62 valence electrons. The van der Waals surface area contributed by atoms with Crippen molar-refractivity contribution < 1.29 is 4.74 Å². The van der Waals surface area contributed by atoms with Gasteiger partial charge in [0.25, 0.3) is 0 Å². The number of halogens is 2. The minimum atomic E-state index is -0.589. The van der Waals surface area contributed by atoms with E-state index >= 15 is 0 Å². The first-order chi connectivity index (χ1) is 4.17. The lowest BCUT2D eigenvalue weighted by atomic mass is 10.1. The standard InChI is InChI=1S/C6H12ClNO.ClH/c1-2-3-6(7,8)5-4-9-5;/h5H,2-4,8H2,1H3;1H. The molecule has 0 aliphatic carbocycles. The molecule has 1 aliphatic rings. The Labute approximate surface area is 72.5 Å². The van der Waals surface area contributed by atoms with E-state index in [0.717, 1.165) is 19.4 Å². The van der Waals surface area contributed by atoms with Crippen LogP contribution in [-0.4, -0.2) is 17.7 Å². The molecule has 2 unspecified atom stereocenters. The van der Waals surface area contributed by atoms with Crippen molar-refractivity contribution in [1.82, 2.24) is 0 Å². The lowest BCUT2D eigenvalue weighted by Gasteiger charge is -2.17. The Hall–Kier alpha value is 0.500. The Kier molecular flexibility index (Phi) is 3.95. The SMILES string of the molecule is CCCC(N)(Cl)C1CO1.Cl. The third-order valence-corrected chi connectivity index (χ3v) is 1.93. The van der Waals surface area contributed by atoms with Gasteiger partial charge in [0.1, 0.15) is 11.1 Å². The lowest BCUT2D eigenvalue weighted by Crippen LogP contribution is -2.38. The minimum absolute atomic E-state index is 0. The highest BCUT2D eigenvalue weighted by atomic mass is 35.5. The summed E-state index contributed by atoms with van der Waals surface area (Å²) >= 11 is 5.89. The van der Waals surface area contributed by atoms with E-state index in [9.17, 15) is 0 Å². The van der Waals surface area contributed by atoms with Crippen molar-refractivity contribution in [2.24, 2.45) is 5.73 Å². The Morgan fingerprint density at radius 1 is 1.80 bits per heavy atom. The molecule has 0 amide bonds. The zero-order valence-electron chi connectivity index (χ0n) is 5.97. The molecule has 4 heteroatoms. The first-order valence-electron chi connectivity index (χ1n) is 3.26. The molecule has 2 nitrogen and oxygen atoms in total. The molecular weight excluding hydrogens is 173 g/mol. The van der Waals surface area contributed by atoms with Gasteiger partial charge >= 0.3 is 0 Å². The highest BCUT2D eigenvalue weighted by Crippen LogP contribution is 2.29. The highest BCUT2D eigenvalue weighted by molar-refractivity contribution is 6.24. The van der Waals surface area contributed by atoms with Gasteiger partial charge in [-0.1, -0.05) is 24.9 Å². The van der Waals surface area contributed by atoms with Crippen LogP contribution in [0, 0.1) is 0 Å². The van der Waals surface area contributed by atoms with Gasteiger partial charge in [-0.25, -0.2) is 0 Å². The maximum Gasteiger partial charge on any atom is 0.120 e. The van der Waals surface area contributed by atoms with Crippen molar-refractivity contribution in [1.29, 1.82) is 0 Å². The Balaban J connectivity index is 0.000000810. The summed E-state index contributed by atoms with van der Waals surface area (Å²) < 4.78 is 4.97. The topological polar surface area (TPSA) is 38.5 Å². The van der Waals surface area contributed by atoms with E-state index in [-0.39, 0.29) is 18.5 Å². The zero-order valence-corrected chi connectivity index (χ0v) is 7.54. The maximum atomic E-state index is 5.89. The number of epoxide rings is 1. The summed E-state index contributed by atoms with van der Waals surface area (Å²) in [6, 6.07) is 0. The second-order valence-electron chi connectivity index (χ2n) is 2.50. The molecule has 0 bridgehead atoms. The van der Waals surface area contributed by atoms with Crippen LogP contribution in [-0.2, 0) is 4.74 Å². The van der Waals surface area contributed by atoms with Crippen LogP contribution < -0.4 is 5.73 Å². The van der Waals surface area contributed by atoms with Gasteiger partial charge in [0.2, 0.25) is 0 Å². The number of nitrogens with two attached hydrogens (primary N) is 1. The molecule has 1 fully saturated rings. The van der Waals surface area contributed by atoms with Crippen molar-refractivity contribution in [3.8, 4) is 0 Å². The molecule has 2 atom stereocenters. The lowest BCUT2D eigenvalue weighted by molar-refractivity contribution is 0.339. The predicted molar refractivity (Wildman–Crippen MR) is 44.7 cm³/mol. The summed E-state index contributed by atoms with van der Waals surface area (Å²) in [5.41, 5.74) is 5.67. The van der Waals surface area contributed by atoms with Crippen LogP contribution in [0.4, 0.5) is 0 Å². The fraction of sp³-hybridized carbons (Fsp3) is 1.00. The molecule has 0 radical (unpaired) electrons. The van der Waals surface area contributed by atoms with Crippen LogP contribution in [0.15, 0.2) is 0 Å².